The third-order valence-corrected chi connectivity index (χ3v) is 7.42. The van der Waals surface area contributed by atoms with Crippen LogP contribution in [0.2, 0.25) is 0 Å². The van der Waals surface area contributed by atoms with Gasteiger partial charge < -0.3 is 69.2 Å². The van der Waals surface area contributed by atoms with Gasteiger partial charge in [0, 0.05) is 24.8 Å². The Bertz CT molecular complexity index is 1110. The van der Waals surface area contributed by atoms with Crippen LogP contribution in [0.4, 0.5) is 5.82 Å². The Hall–Kier alpha value is -2.78. The van der Waals surface area contributed by atoms with E-state index in [1.54, 1.807) is 0 Å². The molecule has 2 aliphatic rings. The van der Waals surface area contributed by atoms with Gasteiger partial charge in [0.25, 0.3) is 0 Å². The molecule has 238 valence electrons. The van der Waals surface area contributed by atoms with Crippen LogP contribution in [0.15, 0.2) is 17.1 Å². The number of aliphatic hydroxyl groups excluding tert-OH is 4. The Morgan fingerprint density at radius 1 is 1.10 bits per heavy atom. The number of aliphatic hydroxyl groups is 4. The standard InChI is InChI=1S/C24H43N9O9/c25-5-2-1-3-12(31-15(34)9-33-6-4-14(28)32-24(33)40)22(39)30-8-13-18(36)19(37)16(29)23(41-13)42-21-11(27)7-10(26)17(35)20(21)38/h4,6,10-13,16-21,23,35-38H,1-3,5,7-9,25-27,29H2,(H,30,39)(H,31,34)(H2,28,32,40)/t10-,11+,12?,13-,16-,17+,18-,19-,20-,21?,23-/m1/s1. The molecule has 2 amide bonds. The van der Waals surface area contributed by atoms with Gasteiger partial charge in [-0.3, -0.25) is 14.2 Å². The first-order valence-corrected chi connectivity index (χ1v) is 13.7. The summed E-state index contributed by atoms with van der Waals surface area (Å²) in [5.74, 6) is -1.26. The van der Waals surface area contributed by atoms with E-state index in [1.807, 2.05) is 0 Å². The number of anilines is 1. The van der Waals surface area contributed by atoms with E-state index in [0.29, 0.717) is 19.4 Å². The number of carbonyl (C=O) groups excluding carboxylic acids is 2. The second kappa shape index (κ2) is 15.1. The van der Waals surface area contributed by atoms with Gasteiger partial charge in [-0.1, -0.05) is 0 Å². The van der Waals surface area contributed by atoms with Crippen LogP contribution in [0.25, 0.3) is 0 Å². The predicted octanol–water partition coefficient (Wildman–Crippen LogP) is -6.51. The van der Waals surface area contributed by atoms with Crippen LogP contribution in [0.5, 0.6) is 0 Å². The van der Waals surface area contributed by atoms with Crippen molar-refractivity contribution < 1.29 is 39.5 Å². The van der Waals surface area contributed by atoms with Gasteiger partial charge in [0.05, 0.1) is 12.1 Å². The summed E-state index contributed by atoms with van der Waals surface area (Å²) in [4.78, 5) is 41.2. The van der Waals surface area contributed by atoms with Gasteiger partial charge in [0.2, 0.25) is 11.8 Å². The number of hydrogen-bond donors (Lipinski definition) is 11. The van der Waals surface area contributed by atoms with Gasteiger partial charge in [-0.25, -0.2) is 4.79 Å². The van der Waals surface area contributed by atoms with Crippen molar-refractivity contribution in [3.63, 3.8) is 0 Å². The van der Waals surface area contributed by atoms with Gasteiger partial charge in [-0.2, -0.15) is 4.98 Å². The molecule has 2 fully saturated rings. The van der Waals surface area contributed by atoms with Gasteiger partial charge in [-0.15, -0.1) is 0 Å². The molecule has 1 aliphatic carbocycles. The monoisotopic (exact) mass is 601 g/mol. The number of ether oxygens (including phenoxy) is 2. The van der Waals surface area contributed by atoms with Crippen molar-refractivity contribution in [2.75, 3.05) is 18.8 Å². The lowest BCUT2D eigenvalue weighted by Gasteiger charge is -2.46. The van der Waals surface area contributed by atoms with E-state index in [-0.39, 0.29) is 25.2 Å². The molecule has 3 rings (SSSR count). The summed E-state index contributed by atoms with van der Waals surface area (Å²) in [5, 5.41) is 46.8. The third kappa shape index (κ3) is 8.40. The van der Waals surface area contributed by atoms with Crippen LogP contribution in [-0.4, -0.2) is 122 Å². The number of nitrogens with one attached hydrogen (secondary N) is 2. The predicted molar refractivity (Wildman–Crippen MR) is 147 cm³/mol. The molecule has 42 heavy (non-hydrogen) atoms. The highest BCUT2D eigenvalue weighted by molar-refractivity contribution is 5.87. The van der Waals surface area contributed by atoms with E-state index in [2.05, 4.69) is 15.6 Å². The lowest BCUT2D eigenvalue weighted by atomic mass is 9.84. The van der Waals surface area contributed by atoms with Crippen molar-refractivity contribution >= 4 is 17.6 Å². The van der Waals surface area contributed by atoms with Gasteiger partial charge in [-0.05, 0) is 38.3 Å². The summed E-state index contributed by atoms with van der Waals surface area (Å²) in [6.45, 7) is -0.352. The van der Waals surface area contributed by atoms with E-state index >= 15 is 0 Å². The fourth-order valence-electron chi connectivity index (χ4n) is 4.91. The molecular weight excluding hydrogens is 558 g/mol. The number of nitrogens with zero attached hydrogens (tertiary/aromatic N) is 2. The van der Waals surface area contributed by atoms with Crippen molar-refractivity contribution in [1.82, 2.24) is 20.2 Å². The number of unbranched alkanes of at least 4 members (excludes halogenated alkanes) is 1. The molecule has 0 aromatic carbocycles. The fraction of sp³-hybridized carbons (Fsp3) is 0.750. The average molecular weight is 602 g/mol. The molecule has 1 aromatic rings. The molecule has 11 atom stereocenters. The van der Waals surface area contributed by atoms with E-state index < -0.39 is 91.1 Å². The third-order valence-electron chi connectivity index (χ3n) is 7.42. The maximum Gasteiger partial charge on any atom is 0.349 e. The van der Waals surface area contributed by atoms with E-state index in [9.17, 15) is 34.8 Å². The van der Waals surface area contributed by atoms with Crippen molar-refractivity contribution in [1.29, 1.82) is 0 Å². The van der Waals surface area contributed by atoms with Crippen LogP contribution >= 0.6 is 0 Å². The molecule has 16 N–H and O–H groups in total. The molecule has 0 spiro atoms. The van der Waals surface area contributed by atoms with Crippen LogP contribution in [0, 0.1) is 0 Å². The summed E-state index contributed by atoms with van der Waals surface area (Å²) in [7, 11) is 0. The van der Waals surface area contributed by atoms with Crippen LogP contribution < -0.4 is 45.0 Å². The molecule has 1 aromatic heterocycles. The Balaban J connectivity index is 1.63. The summed E-state index contributed by atoms with van der Waals surface area (Å²) >= 11 is 0. The fourth-order valence-corrected chi connectivity index (χ4v) is 4.91. The lowest BCUT2D eigenvalue weighted by Crippen LogP contribution is -2.67. The van der Waals surface area contributed by atoms with E-state index in [1.165, 1.54) is 12.3 Å². The first-order chi connectivity index (χ1) is 19.8. The molecule has 2 unspecified atom stereocenters. The SMILES string of the molecule is NCCCCC(NC(=O)Cn1ccc(N)nc1=O)C(=O)NC[C@H]1O[C@H](OC2[C@@H](N)C[C@@H](N)[C@H](O)[C@H]2O)[C@H](N)[C@@H](O)[C@@H]1O. The summed E-state index contributed by atoms with van der Waals surface area (Å²) in [6, 6.07) is -2.48. The number of aromatic nitrogens is 2. The highest BCUT2D eigenvalue weighted by Gasteiger charge is 2.48. The first-order valence-electron chi connectivity index (χ1n) is 13.7. The minimum Gasteiger partial charge on any atom is -0.389 e. The zero-order valence-corrected chi connectivity index (χ0v) is 23.1. The molecular formula is C24H43N9O9. The number of nitrogen functional groups attached to an aromatic ring is 1. The number of amides is 2. The summed E-state index contributed by atoms with van der Waals surface area (Å²) < 4.78 is 12.5. The molecule has 18 nitrogen and oxygen atoms in total. The molecule has 0 bridgehead atoms. The Morgan fingerprint density at radius 2 is 1.81 bits per heavy atom. The molecule has 18 heteroatoms. The lowest BCUT2D eigenvalue weighted by molar-refractivity contribution is -0.288. The van der Waals surface area contributed by atoms with E-state index in [0.717, 1.165) is 4.57 Å². The van der Waals surface area contributed by atoms with Crippen molar-refractivity contribution in [2.45, 2.75) is 99.3 Å². The van der Waals surface area contributed by atoms with Crippen LogP contribution in [0.1, 0.15) is 25.7 Å². The maximum atomic E-state index is 13.1. The number of carbonyl (C=O) groups is 2. The molecule has 1 saturated carbocycles. The van der Waals surface area contributed by atoms with Gasteiger partial charge in [0.1, 0.15) is 48.9 Å². The van der Waals surface area contributed by atoms with Crippen molar-refractivity contribution in [3.8, 4) is 0 Å². The van der Waals surface area contributed by atoms with Crippen LogP contribution in [0.3, 0.4) is 0 Å². The second-order valence-corrected chi connectivity index (χ2v) is 10.7. The van der Waals surface area contributed by atoms with Crippen LogP contribution in [-0.2, 0) is 25.6 Å². The number of nitrogens with two attached hydrogens (primary N) is 5. The maximum absolute atomic E-state index is 13.1. The molecule has 0 radical (unpaired) electrons. The highest BCUT2D eigenvalue weighted by Crippen LogP contribution is 2.27. The molecule has 2 heterocycles. The highest BCUT2D eigenvalue weighted by atomic mass is 16.7. The zero-order chi connectivity index (χ0) is 31.1. The minimum absolute atomic E-state index is 0.00100. The topological polar surface area (TPSA) is 323 Å². The molecule has 1 saturated heterocycles. The Labute approximate surface area is 241 Å². The normalized spacial score (nSPS) is 34.0. The van der Waals surface area contributed by atoms with E-state index in [4.69, 9.17) is 38.1 Å². The smallest absolute Gasteiger partial charge is 0.349 e. The first kappa shape index (κ1) is 33.7. The van der Waals surface area contributed by atoms with Crippen molar-refractivity contribution in [2.24, 2.45) is 22.9 Å². The largest absolute Gasteiger partial charge is 0.389 e. The summed E-state index contributed by atoms with van der Waals surface area (Å²) in [5.41, 5.74) is 28.1. The number of hydrogen-bond acceptors (Lipinski definition) is 15. The van der Waals surface area contributed by atoms with Gasteiger partial charge >= 0.3 is 5.69 Å². The Kier molecular flexibility index (Phi) is 12.1. The number of rotatable bonds is 12. The van der Waals surface area contributed by atoms with Gasteiger partial charge in [0.15, 0.2) is 6.29 Å². The summed E-state index contributed by atoms with van der Waals surface area (Å²) in [6.07, 6.45) is -6.82. The Morgan fingerprint density at radius 3 is 2.48 bits per heavy atom. The average Bonchev–Trinajstić information content (AvgIpc) is 2.94. The van der Waals surface area contributed by atoms with Crippen molar-refractivity contribution in [3.05, 3.63) is 22.7 Å². The zero-order valence-electron chi connectivity index (χ0n) is 23.1. The molecule has 1 aliphatic heterocycles. The second-order valence-electron chi connectivity index (χ2n) is 10.7. The minimum atomic E-state index is -1.54. The quantitative estimate of drug-likeness (QED) is 0.0992.